The molecule has 5 heteroatoms. The zero-order chi connectivity index (χ0) is 15.0. The largest absolute Gasteiger partial charge is 0.488 e. The zero-order valence-corrected chi connectivity index (χ0v) is 12.9. The van der Waals surface area contributed by atoms with Crippen LogP contribution in [-0.2, 0) is 11.2 Å². The number of nitrogens with two attached hydrogens (primary N) is 1. The first-order valence-electron chi connectivity index (χ1n) is 6.98. The van der Waals surface area contributed by atoms with E-state index >= 15 is 0 Å². The van der Waals surface area contributed by atoms with Gasteiger partial charge in [0.1, 0.15) is 0 Å². The second kappa shape index (κ2) is 8.76. The fraction of sp³-hybridized carbons (Fsp3) is 0.667. The minimum absolute atomic E-state index is 0.117. The molecule has 0 saturated heterocycles. The number of aromatic nitrogens is 1. The molecule has 5 nitrogen and oxygen atoms in total. The summed E-state index contributed by atoms with van der Waals surface area (Å²) in [5.41, 5.74) is 7.16. The predicted octanol–water partition coefficient (Wildman–Crippen LogP) is 2.03. The summed E-state index contributed by atoms with van der Waals surface area (Å²) >= 11 is 0. The molecule has 0 radical (unpaired) electrons. The molecule has 0 aromatic carbocycles. The first-order chi connectivity index (χ1) is 9.58. The molecule has 1 atom stereocenters. The number of pyridine rings is 1. The highest BCUT2D eigenvalue weighted by Crippen LogP contribution is 2.26. The maximum atomic E-state index is 6.09. The number of nitrogens with zero attached hydrogens (tertiary/aromatic N) is 1. The smallest absolute Gasteiger partial charge is 0.256 e. The van der Waals surface area contributed by atoms with E-state index in [1.165, 1.54) is 0 Å². The zero-order valence-electron chi connectivity index (χ0n) is 12.9. The summed E-state index contributed by atoms with van der Waals surface area (Å²) < 4.78 is 15.9. The van der Waals surface area contributed by atoms with E-state index in [1.807, 2.05) is 6.07 Å². The molecular formula is C15H26N2O3. The van der Waals surface area contributed by atoms with Gasteiger partial charge in [0.25, 0.3) is 5.88 Å². The number of hydrogen-bond donors (Lipinski definition) is 1. The Morgan fingerprint density at radius 2 is 2.00 bits per heavy atom. The summed E-state index contributed by atoms with van der Waals surface area (Å²) in [5, 5.41) is 0. The molecule has 2 N–H and O–H groups in total. The second-order valence-electron chi connectivity index (χ2n) is 5.16. The van der Waals surface area contributed by atoms with Gasteiger partial charge in [0, 0.05) is 32.4 Å². The summed E-state index contributed by atoms with van der Waals surface area (Å²) in [6.07, 6.45) is 3.40. The number of ether oxygens (including phenoxy) is 3. The van der Waals surface area contributed by atoms with Crippen LogP contribution in [0.25, 0.3) is 0 Å². The SMILES string of the molecule is COCCCOc1cc(C[C@H](N)C(C)C)cnc1OC. The Morgan fingerprint density at radius 1 is 1.25 bits per heavy atom. The minimum Gasteiger partial charge on any atom is -0.488 e. The second-order valence-corrected chi connectivity index (χ2v) is 5.16. The van der Waals surface area contributed by atoms with Gasteiger partial charge in [-0.15, -0.1) is 0 Å². The van der Waals surface area contributed by atoms with E-state index in [4.69, 9.17) is 19.9 Å². The van der Waals surface area contributed by atoms with Crippen molar-refractivity contribution in [1.29, 1.82) is 0 Å². The third-order valence-electron chi connectivity index (χ3n) is 3.15. The summed E-state index contributed by atoms with van der Waals surface area (Å²) in [5.74, 6) is 1.60. The van der Waals surface area contributed by atoms with Gasteiger partial charge in [0.2, 0.25) is 0 Å². The van der Waals surface area contributed by atoms with Gasteiger partial charge in [-0.1, -0.05) is 13.8 Å². The van der Waals surface area contributed by atoms with E-state index in [0.29, 0.717) is 30.8 Å². The predicted molar refractivity (Wildman–Crippen MR) is 79.3 cm³/mol. The van der Waals surface area contributed by atoms with Crippen molar-refractivity contribution in [3.63, 3.8) is 0 Å². The van der Waals surface area contributed by atoms with Crippen LogP contribution >= 0.6 is 0 Å². The molecule has 0 bridgehead atoms. The van der Waals surface area contributed by atoms with Crippen molar-refractivity contribution < 1.29 is 14.2 Å². The Hall–Kier alpha value is -1.33. The molecule has 0 aliphatic heterocycles. The highest BCUT2D eigenvalue weighted by Gasteiger charge is 2.12. The number of hydrogen-bond acceptors (Lipinski definition) is 5. The molecule has 1 aromatic heterocycles. The number of rotatable bonds is 9. The van der Waals surface area contributed by atoms with Crippen molar-refractivity contribution in [3.05, 3.63) is 17.8 Å². The lowest BCUT2D eigenvalue weighted by Gasteiger charge is -2.16. The van der Waals surface area contributed by atoms with Crippen LogP contribution in [0.4, 0.5) is 0 Å². The van der Waals surface area contributed by atoms with Crippen LogP contribution in [0.3, 0.4) is 0 Å². The fourth-order valence-corrected chi connectivity index (χ4v) is 1.73. The van der Waals surface area contributed by atoms with Gasteiger partial charge in [0.05, 0.1) is 13.7 Å². The van der Waals surface area contributed by atoms with E-state index in [0.717, 1.165) is 18.4 Å². The van der Waals surface area contributed by atoms with Gasteiger partial charge in [-0.05, 0) is 24.0 Å². The average Bonchev–Trinajstić information content (AvgIpc) is 2.43. The van der Waals surface area contributed by atoms with Gasteiger partial charge >= 0.3 is 0 Å². The van der Waals surface area contributed by atoms with Crippen LogP contribution in [0.1, 0.15) is 25.8 Å². The Bertz CT molecular complexity index is 397. The van der Waals surface area contributed by atoms with Crippen molar-refractivity contribution in [2.75, 3.05) is 27.4 Å². The maximum Gasteiger partial charge on any atom is 0.256 e. The van der Waals surface area contributed by atoms with Crippen molar-refractivity contribution >= 4 is 0 Å². The van der Waals surface area contributed by atoms with Gasteiger partial charge in [-0.3, -0.25) is 0 Å². The molecule has 0 aliphatic carbocycles. The molecule has 0 fully saturated rings. The van der Waals surface area contributed by atoms with Crippen LogP contribution in [0.2, 0.25) is 0 Å². The van der Waals surface area contributed by atoms with E-state index in [1.54, 1.807) is 20.4 Å². The molecular weight excluding hydrogens is 256 g/mol. The standard InChI is InChI=1S/C15H26N2O3/c1-11(2)13(16)8-12-9-14(15(19-4)17-10-12)20-7-5-6-18-3/h9-11,13H,5-8,16H2,1-4H3/t13-/m0/s1. The van der Waals surface area contributed by atoms with E-state index in [9.17, 15) is 0 Å². The number of methoxy groups -OCH3 is 2. The van der Waals surface area contributed by atoms with Crippen molar-refractivity contribution in [3.8, 4) is 11.6 Å². The first kappa shape index (κ1) is 16.7. The molecule has 0 aliphatic rings. The highest BCUT2D eigenvalue weighted by atomic mass is 16.5. The molecule has 0 saturated carbocycles. The van der Waals surface area contributed by atoms with Crippen LogP contribution < -0.4 is 15.2 Å². The molecule has 1 aromatic rings. The summed E-state index contributed by atoms with van der Waals surface area (Å²) in [4.78, 5) is 4.27. The Labute approximate surface area is 121 Å². The molecule has 1 heterocycles. The molecule has 20 heavy (non-hydrogen) atoms. The Morgan fingerprint density at radius 3 is 2.60 bits per heavy atom. The molecule has 0 unspecified atom stereocenters. The quantitative estimate of drug-likeness (QED) is 0.702. The van der Waals surface area contributed by atoms with Gasteiger partial charge in [-0.2, -0.15) is 0 Å². The van der Waals surface area contributed by atoms with Crippen LogP contribution in [-0.4, -0.2) is 38.5 Å². The fourth-order valence-electron chi connectivity index (χ4n) is 1.73. The lowest BCUT2D eigenvalue weighted by atomic mass is 9.98. The van der Waals surface area contributed by atoms with E-state index in [2.05, 4.69) is 18.8 Å². The van der Waals surface area contributed by atoms with Crippen LogP contribution in [0, 0.1) is 5.92 Å². The third-order valence-corrected chi connectivity index (χ3v) is 3.15. The minimum atomic E-state index is 0.117. The molecule has 0 spiro atoms. The average molecular weight is 282 g/mol. The van der Waals surface area contributed by atoms with Gasteiger partial charge < -0.3 is 19.9 Å². The van der Waals surface area contributed by atoms with Gasteiger partial charge in [0.15, 0.2) is 5.75 Å². The lowest BCUT2D eigenvalue weighted by Crippen LogP contribution is -2.28. The van der Waals surface area contributed by atoms with Crippen molar-refractivity contribution in [2.45, 2.75) is 32.7 Å². The highest BCUT2D eigenvalue weighted by molar-refractivity contribution is 5.36. The van der Waals surface area contributed by atoms with Crippen molar-refractivity contribution in [1.82, 2.24) is 4.98 Å². The first-order valence-corrected chi connectivity index (χ1v) is 6.98. The molecule has 1 rings (SSSR count). The van der Waals surface area contributed by atoms with E-state index in [-0.39, 0.29) is 6.04 Å². The maximum absolute atomic E-state index is 6.09. The van der Waals surface area contributed by atoms with Crippen molar-refractivity contribution in [2.24, 2.45) is 11.7 Å². The van der Waals surface area contributed by atoms with Gasteiger partial charge in [-0.25, -0.2) is 4.98 Å². The Kier molecular flexibility index (Phi) is 7.33. The Balaban J connectivity index is 2.69. The summed E-state index contributed by atoms with van der Waals surface area (Å²) in [6.45, 7) is 5.48. The van der Waals surface area contributed by atoms with Crippen LogP contribution in [0.5, 0.6) is 11.6 Å². The molecule has 114 valence electrons. The monoisotopic (exact) mass is 282 g/mol. The summed E-state index contributed by atoms with van der Waals surface area (Å²) in [6, 6.07) is 2.08. The van der Waals surface area contributed by atoms with E-state index < -0.39 is 0 Å². The topological polar surface area (TPSA) is 66.6 Å². The summed E-state index contributed by atoms with van der Waals surface area (Å²) in [7, 11) is 3.26. The van der Waals surface area contributed by atoms with Crippen LogP contribution in [0.15, 0.2) is 12.3 Å². The third kappa shape index (κ3) is 5.35. The molecule has 0 amide bonds. The normalized spacial score (nSPS) is 12.5. The lowest BCUT2D eigenvalue weighted by molar-refractivity contribution is 0.170.